The normalized spacial score (nSPS) is 30.2. The smallest absolute Gasteiger partial charge is 0.0236 e. The van der Waals surface area contributed by atoms with E-state index in [9.17, 15) is 0 Å². The molecule has 1 heterocycles. The number of piperazine rings is 1. The van der Waals surface area contributed by atoms with Gasteiger partial charge in [-0.05, 0) is 44.6 Å². The fourth-order valence-corrected chi connectivity index (χ4v) is 3.41. The Labute approximate surface area is 117 Å². The molecule has 0 radical (unpaired) electrons. The number of rotatable bonds is 4. The zero-order valence-corrected chi connectivity index (χ0v) is 12.2. The highest BCUT2D eigenvalue weighted by Crippen LogP contribution is 2.36. The molecule has 1 saturated carbocycles. The van der Waals surface area contributed by atoms with E-state index in [4.69, 9.17) is 0 Å². The fourth-order valence-electron chi connectivity index (χ4n) is 3.41. The molecule has 2 nitrogen and oxygen atoms in total. The Balaban J connectivity index is 1.61. The van der Waals surface area contributed by atoms with Gasteiger partial charge in [-0.2, -0.15) is 0 Å². The molecule has 19 heavy (non-hydrogen) atoms. The van der Waals surface area contributed by atoms with Crippen molar-refractivity contribution in [3.8, 4) is 0 Å². The molecule has 0 aromatic heterocycles. The van der Waals surface area contributed by atoms with Crippen LogP contribution in [-0.4, -0.2) is 36.1 Å². The Morgan fingerprint density at radius 3 is 2.68 bits per heavy atom. The summed E-state index contributed by atoms with van der Waals surface area (Å²) in [6.45, 7) is 7.13. The van der Waals surface area contributed by atoms with Gasteiger partial charge in [-0.15, -0.1) is 0 Å². The van der Waals surface area contributed by atoms with Crippen LogP contribution < -0.4 is 5.32 Å². The van der Waals surface area contributed by atoms with Crippen LogP contribution in [0.15, 0.2) is 30.3 Å². The average Bonchev–Trinajstić information content (AvgIpc) is 3.26. The monoisotopic (exact) mass is 258 g/mol. The second-order valence-corrected chi connectivity index (χ2v) is 6.42. The third-order valence-electron chi connectivity index (χ3n) is 4.85. The largest absolute Gasteiger partial charge is 0.311 e. The molecule has 0 amide bonds. The molecule has 1 N–H and O–H groups in total. The number of hydrogen-bond donors (Lipinski definition) is 1. The number of nitrogens with zero attached hydrogens (tertiary/aromatic N) is 1. The minimum atomic E-state index is 0.611. The number of hydrogen-bond acceptors (Lipinski definition) is 2. The zero-order valence-electron chi connectivity index (χ0n) is 12.2. The Morgan fingerprint density at radius 1 is 1.26 bits per heavy atom. The first-order valence-corrected chi connectivity index (χ1v) is 7.77. The van der Waals surface area contributed by atoms with Gasteiger partial charge in [-0.1, -0.05) is 30.3 Å². The van der Waals surface area contributed by atoms with Crippen LogP contribution in [0, 0.1) is 5.92 Å². The van der Waals surface area contributed by atoms with Crippen molar-refractivity contribution in [3.63, 3.8) is 0 Å². The summed E-state index contributed by atoms with van der Waals surface area (Å²) in [4.78, 5) is 2.74. The maximum atomic E-state index is 3.72. The van der Waals surface area contributed by atoms with Crippen LogP contribution in [-0.2, 0) is 6.42 Å². The molecule has 0 bridgehead atoms. The Morgan fingerprint density at radius 2 is 2.00 bits per heavy atom. The van der Waals surface area contributed by atoms with Crippen molar-refractivity contribution in [1.29, 1.82) is 0 Å². The Kier molecular flexibility index (Phi) is 3.90. The maximum absolute atomic E-state index is 3.72. The van der Waals surface area contributed by atoms with Crippen LogP contribution in [0.25, 0.3) is 0 Å². The minimum Gasteiger partial charge on any atom is -0.311 e. The standard InChI is InChI=1S/C17H26N2/c1-13-11-18-17(10-15-6-4-3-5-7-15)12-19(13)14(2)16-8-9-16/h3-7,13-14,16-18H,8-12H2,1-2H3. The van der Waals surface area contributed by atoms with Crippen molar-refractivity contribution in [2.24, 2.45) is 5.92 Å². The van der Waals surface area contributed by atoms with Crippen molar-refractivity contribution in [2.45, 2.75) is 51.2 Å². The Bertz CT molecular complexity index is 399. The number of nitrogens with one attached hydrogen (secondary N) is 1. The molecule has 0 spiro atoms. The molecule has 3 unspecified atom stereocenters. The van der Waals surface area contributed by atoms with Gasteiger partial charge in [-0.3, -0.25) is 4.90 Å². The quantitative estimate of drug-likeness (QED) is 0.893. The third-order valence-corrected chi connectivity index (χ3v) is 4.85. The predicted molar refractivity (Wildman–Crippen MR) is 80.3 cm³/mol. The van der Waals surface area contributed by atoms with E-state index in [2.05, 4.69) is 54.4 Å². The van der Waals surface area contributed by atoms with Gasteiger partial charge in [0.05, 0.1) is 0 Å². The molecule has 1 aliphatic heterocycles. The molecule has 2 fully saturated rings. The second kappa shape index (κ2) is 5.64. The van der Waals surface area contributed by atoms with E-state index in [-0.39, 0.29) is 0 Å². The first kappa shape index (κ1) is 13.1. The van der Waals surface area contributed by atoms with Crippen LogP contribution in [0.3, 0.4) is 0 Å². The second-order valence-electron chi connectivity index (χ2n) is 6.42. The average molecular weight is 258 g/mol. The molecule has 3 atom stereocenters. The van der Waals surface area contributed by atoms with E-state index in [0.717, 1.165) is 24.9 Å². The van der Waals surface area contributed by atoms with E-state index < -0.39 is 0 Å². The van der Waals surface area contributed by atoms with Crippen molar-refractivity contribution >= 4 is 0 Å². The summed E-state index contributed by atoms with van der Waals surface area (Å²) in [7, 11) is 0. The third kappa shape index (κ3) is 3.18. The van der Waals surface area contributed by atoms with Gasteiger partial charge in [0, 0.05) is 31.2 Å². The maximum Gasteiger partial charge on any atom is 0.0236 e. The first-order chi connectivity index (χ1) is 9.24. The number of benzene rings is 1. The summed E-state index contributed by atoms with van der Waals surface area (Å²) in [6.07, 6.45) is 4.05. The SMILES string of the molecule is CC1CNC(Cc2ccccc2)CN1C(C)C1CC1. The minimum absolute atomic E-state index is 0.611. The fraction of sp³-hybridized carbons (Fsp3) is 0.647. The van der Waals surface area contributed by atoms with E-state index in [1.807, 2.05) is 0 Å². The van der Waals surface area contributed by atoms with Crippen LogP contribution in [0.2, 0.25) is 0 Å². The summed E-state index contributed by atoms with van der Waals surface area (Å²) < 4.78 is 0. The van der Waals surface area contributed by atoms with Crippen molar-refractivity contribution in [1.82, 2.24) is 10.2 Å². The zero-order chi connectivity index (χ0) is 13.2. The highest BCUT2D eigenvalue weighted by molar-refractivity contribution is 5.16. The van der Waals surface area contributed by atoms with E-state index in [0.29, 0.717) is 12.1 Å². The topological polar surface area (TPSA) is 15.3 Å². The summed E-state index contributed by atoms with van der Waals surface area (Å²) >= 11 is 0. The molecule has 104 valence electrons. The van der Waals surface area contributed by atoms with E-state index >= 15 is 0 Å². The molecular weight excluding hydrogens is 232 g/mol. The molecule has 2 heteroatoms. The van der Waals surface area contributed by atoms with Crippen molar-refractivity contribution in [3.05, 3.63) is 35.9 Å². The molecule has 1 aliphatic carbocycles. The van der Waals surface area contributed by atoms with Gasteiger partial charge < -0.3 is 5.32 Å². The van der Waals surface area contributed by atoms with Crippen LogP contribution in [0.4, 0.5) is 0 Å². The van der Waals surface area contributed by atoms with Gasteiger partial charge >= 0.3 is 0 Å². The van der Waals surface area contributed by atoms with Crippen LogP contribution in [0.5, 0.6) is 0 Å². The van der Waals surface area contributed by atoms with E-state index in [1.165, 1.54) is 24.9 Å². The molecule has 3 rings (SSSR count). The molecule has 2 aliphatic rings. The predicted octanol–water partition coefficient (Wildman–Crippen LogP) is 2.69. The summed E-state index contributed by atoms with van der Waals surface area (Å²) in [5.74, 6) is 0.970. The summed E-state index contributed by atoms with van der Waals surface area (Å²) in [5, 5.41) is 3.72. The van der Waals surface area contributed by atoms with Crippen molar-refractivity contribution in [2.75, 3.05) is 13.1 Å². The molecule has 1 saturated heterocycles. The lowest BCUT2D eigenvalue weighted by atomic mass is 9.99. The Hall–Kier alpha value is -0.860. The lowest BCUT2D eigenvalue weighted by Gasteiger charge is -2.42. The van der Waals surface area contributed by atoms with Gasteiger partial charge in [0.15, 0.2) is 0 Å². The van der Waals surface area contributed by atoms with Crippen molar-refractivity contribution < 1.29 is 0 Å². The highest BCUT2D eigenvalue weighted by Gasteiger charge is 2.36. The molecular formula is C17H26N2. The van der Waals surface area contributed by atoms with E-state index in [1.54, 1.807) is 0 Å². The summed E-state index contributed by atoms with van der Waals surface area (Å²) in [6, 6.07) is 12.9. The van der Waals surface area contributed by atoms with Gasteiger partial charge in [-0.25, -0.2) is 0 Å². The van der Waals surface area contributed by atoms with Crippen LogP contribution in [0.1, 0.15) is 32.3 Å². The summed E-state index contributed by atoms with van der Waals surface area (Å²) in [5.41, 5.74) is 1.45. The first-order valence-electron chi connectivity index (χ1n) is 7.77. The highest BCUT2D eigenvalue weighted by atomic mass is 15.3. The lowest BCUT2D eigenvalue weighted by molar-refractivity contribution is 0.0880. The van der Waals surface area contributed by atoms with Gasteiger partial charge in [0.2, 0.25) is 0 Å². The molecule has 1 aromatic rings. The molecule has 1 aromatic carbocycles. The van der Waals surface area contributed by atoms with Gasteiger partial charge in [0.1, 0.15) is 0 Å². The lowest BCUT2D eigenvalue weighted by Crippen LogP contribution is -2.58. The van der Waals surface area contributed by atoms with Crippen LogP contribution >= 0.6 is 0 Å². The van der Waals surface area contributed by atoms with Gasteiger partial charge in [0.25, 0.3) is 0 Å².